The number of hydrogen-bond donors (Lipinski definition) is 2. The fourth-order valence-corrected chi connectivity index (χ4v) is 3.65. The zero-order valence-corrected chi connectivity index (χ0v) is 19.9. The van der Waals surface area contributed by atoms with Crippen LogP contribution >= 0.6 is 15.9 Å². The van der Waals surface area contributed by atoms with Gasteiger partial charge in [0.05, 0.1) is 5.69 Å². The molecule has 0 heterocycles. The first kappa shape index (κ1) is 22.4. The number of amidine groups is 1. The van der Waals surface area contributed by atoms with E-state index in [2.05, 4.69) is 28.1 Å². The van der Waals surface area contributed by atoms with Gasteiger partial charge in [-0.1, -0.05) is 15.9 Å². The van der Waals surface area contributed by atoms with Crippen molar-refractivity contribution in [3.63, 3.8) is 0 Å². The molecule has 0 aliphatic rings. The van der Waals surface area contributed by atoms with Gasteiger partial charge in [-0.25, -0.2) is 4.99 Å². The Morgan fingerprint density at radius 1 is 0.636 bits per heavy atom. The van der Waals surface area contributed by atoms with Gasteiger partial charge < -0.3 is 15.1 Å². The van der Waals surface area contributed by atoms with E-state index < -0.39 is 0 Å². The van der Waals surface area contributed by atoms with Crippen LogP contribution in [0.15, 0.2) is 107 Å². The van der Waals surface area contributed by atoms with Crippen LogP contribution in [0.1, 0.15) is 5.56 Å². The van der Waals surface area contributed by atoms with Gasteiger partial charge in [0.2, 0.25) is 0 Å². The SMILES string of the molecule is CN(C)c1ccc(C(=Nc2ccc(Br)cc2)N(c2ccc(O)cc2)c2ccc(O)cc2)cc1. The molecule has 5 nitrogen and oxygen atoms in total. The van der Waals surface area contributed by atoms with Crippen LogP contribution in [0.3, 0.4) is 0 Å². The molecule has 0 aromatic heterocycles. The van der Waals surface area contributed by atoms with Crippen molar-refractivity contribution in [2.75, 3.05) is 23.9 Å². The molecule has 0 spiro atoms. The highest BCUT2D eigenvalue weighted by atomic mass is 79.9. The van der Waals surface area contributed by atoms with E-state index in [1.54, 1.807) is 24.3 Å². The monoisotopic (exact) mass is 501 g/mol. The molecule has 33 heavy (non-hydrogen) atoms. The van der Waals surface area contributed by atoms with Crippen LogP contribution in [0.25, 0.3) is 0 Å². The molecule has 0 bridgehead atoms. The number of halogens is 1. The van der Waals surface area contributed by atoms with Crippen molar-refractivity contribution < 1.29 is 10.2 Å². The van der Waals surface area contributed by atoms with Gasteiger partial charge in [0.25, 0.3) is 0 Å². The number of rotatable bonds is 5. The standard InChI is InChI=1S/C27H24BrN3O2/c1-30(2)22-9-3-19(4-10-22)27(29-21-7-5-20(28)6-8-21)31(23-11-15-25(32)16-12-23)24-13-17-26(33)18-14-24/h3-18,32-33H,1-2H3. The average Bonchev–Trinajstić information content (AvgIpc) is 2.82. The van der Waals surface area contributed by atoms with Gasteiger partial charge in [0, 0.05) is 41.2 Å². The molecular formula is C27H24BrN3O2. The van der Waals surface area contributed by atoms with E-state index in [1.807, 2.05) is 84.6 Å². The predicted molar refractivity (Wildman–Crippen MR) is 139 cm³/mol. The van der Waals surface area contributed by atoms with E-state index in [0.717, 1.165) is 32.8 Å². The summed E-state index contributed by atoms with van der Waals surface area (Å²) in [5.41, 5.74) is 4.46. The number of phenolic OH excluding ortho intramolecular Hbond substituents is 2. The van der Waals surface area contributed by atoms with Crippen LogP contribution in [0, 0.1) is 0 Å². The number of hydrogen-bond acceptors (Lipinski definition) is 4. The first-order valence-corrected chi connectivity index (χ1v) is 11.2. The second kappa shape index (κ2) is 9.79. The molecule has 0 atom stereocenters. The van der Waals surface area contributed by atoms with Crippen LogP contribution in [-0.4, -0.2) is 30.1 Å². The zero-order chi connectivity index (χ0) is 23.4. The average molecular weight is 502 g/mol. The maximum absolute atomic E-state index is 9.85. The highest BCUT2D eigenvalue weighted by Crippen LogP contribution is 2.32. The van der Waals surface area contributed by atoms with E-state index in [9.17, 15) is 10.2 Å². The molecule has 0 saturated heterocycles. The molecule has 0 amide bonds. The predicted octanol–water partition coefficient (Wildman–Crippen LogP) is 6.84. The number of anilines is 3. The van der Waals surface area contributed by atoms with Crippen LogP contribution < -0.4 is 9.80 Å². The Kier molecular flexibility index (Phi) is 6.66. The second-order valence-electron chi connectivity index (χ2n) is 7.72. The molecule has 0 radical (unpaired) electrons. The lowest BCUT2D eigenvalue weighted by molar-refractivity contribution is 0.475. The first-order chi connectivity index (χ1) is 15.9. The van der Waals surface area contributed by atoms with E-state index in [0.29, 0.717) is 5.84 Å². The Morgan fingerprint density at radius 2 is 1.09 bits per heavy atom. The Balaban J connectivity index is 1.92. The smallest absolute Gasteiger partial charge is 0.145 e. The fourth-order valence-electron chi connectivity index (χ4n) is 3.39. The molecule has 0 unspecified atom stereocenters. The Morgan fingerprint density at radius 3 is 1.55 bits per heavy atom. The van der Waals surface area contributed by atoms with Gasteiger partial charge in [-0.3, -0.25) is 4.90 Å². The Labute approximate surface area is 202 Å². The highest BCUT2D eigenvalue weighted by Gasteiger charge is 2.19. The van der Waals surface area contributed by atoms with Crippen LogP contribution in [-0.2, 0) is 0 Å². The summed E-state index contributed by atoms with van der Waals surface area (Å²) in [7, 11) is 4.01. The lowest BCUT2D eigenvalue weighted by Gasteiger charge is -2.27. The third-order valence-corrected chi connectivity index (χ3v) is 5.66. The molecule has 0 saturated carbocycles. The number of nitrogens with zero attached hydrogens (tertiary/aromatic N) is 3. The van der Waals surface area contributed by atoms with E-state index in [-0.39, 0.29) is 11.5 Å². The largest absolute Gasteiger partial charge is 0.508 e. The fraction of sp³-hybridized carbons (Fsp3) is 0.0741. The maximum Gasteiger partial charge on any atom is 0.145 e. The molecule has 0 aliphatic heterocycles. The summed E-state index contributed by atoms with van der Waals surface area (Å²) in [6, 6.07) is 30.0. The van der Waals surface area contributed by atoms with E-state index in [1.165, 1.54) is 0 Å². The summed E-state index contributed by atoms with van der Waals surface area (Å²) < 4.78 is 0.979. The summed E-state index contributed by atoms with van der Waals surface area (Å²) >= 11 is 3.48. The van der Waals surface area contributed by atoms with Crippen molar-refractivity contribution in [2.24, 2.45) is 4.99 Å². The van der Waals surface area contributed by atoms with Crippen molar-refractivity contribution in [3.05, 3.63) is 107 Å². The van der Waals surface area contributed by atoms with E-state index in [4.69, 9.17) is 4.99 Å². The number of aromatic hydroxyl groups is 2. The Hall–Kier alpha value is -3.77. The zero-order valence-electron chi connectivity index (χ0n) is 18.4. The minimum absolute atomic E-state index is 0.186. The lowest BCUT2D eigenvalue weighted by atomic mass is 10.1. The highest BCUT2D eigenvalue weighted by molar-refractivity contribution is 9.10. The van der Waals surface area contributed by atoms with Crippen molar-refractivity contribution in [3.8, 4) is 11.5 Å². The van der Waals surface area contributed by atoms with Gasteiger partial charge in [-0.2, -0.15) is 0 Å². The maximum atomic E-state index is 9.85. The molecule has 4 rings (SSSR count). The van der Waals surface area contributed by atoms with Gasteiger partial charge in [0.1, 0.15) is 17.3 Å². The van der Waals surface area contributed by atoms with Crippen molar-refractivity contribution >= 4 is 44.5 Å². The quantitative estimate of drug-likeness (QED) is 0.232. The Bertz CT molecular complexity index is 1190. The third-order valence-electron chi connectivity index (χ3n) is 5.13. The molecular weight excluding hydrogens is 478 g/mol. The molecule has 4 aromatic carbocycles. The van der Waals surface area contributed by atoms with Crippen molar-refractivity contribution in [1.29, 1.82) is 0 Å². The lowest BCUT2D eigenvalue weighted by Crippen LogP contribution is -2.27. The van der Waals surface area contributed by atoms with Crippen molar-refractivity contribution in [1.82, 2.24) is 0 Å². The van der Waals surface area contributed by atoms with Crippen LogP contribution in [0.2, 0.25) is 0 Å². The topological polar surface area (TPSA) is 59.3 Å². The normalized spacial score (nSPS) is 11.3. The third kappa shape index (κ3) is 5.35. The summed E-state index contributed by atoms with van der Waals surface area (Å²) in [6.45, 7) is 0. The number of phenols is 2. The molecule has 2 N–H and O–H groups in total. The molecule has 166 valence electrons. The second-order valence-corrected chi connectivity index (χ2v) is 8.64. The molecule has 0 aliphatic carbocycles. The van der Waals surface area contributed by atoms with Crippen LogP contribution in [0.5, 0.6) is 11.5 Å². The summed E-state index contributed by atoms with van der Waals surface area (Å²) in [5, 5.41) is 19.7. The van der Waals surface area contributed by atoms with Crippen LogP contribution in [0.4, 0.5) is 22.7 Å². The summed E-state index contributed by atoms with van der Waals surface area (Å²) in [6.07, 6.45) is 0. The summed E-state index contributed by atoms with van der Waals surface area (Å²) in [4.78, 5) is 9.08. The minimum Gasteiger partial charge on any atom is -0.508 e. The first-order valence-electron chi connectivity index (χ1n) is 10.4. The molecule has 4 aromatic rings. The molecule has 6 heteroatoms. The van der Waals surface area contributed by atoms with Gasteiger partial charge in [-0.15, -0.1) is 0 Å². The minimum atomic E-state index is 0.186. The van der Waals surface area contributed by atoms with Crippen molar-refractivity contribution in [2.45, 2.75) is 0 Å². The number of aliphatic imine (C=N–C) groups is 1. The van der Waals surface area contributed by atoms with Gasteiger partial charge >= 0.3 is 0 Å². The molecule has 0 fully saturated rings. The van der Waals surface area contributed by atoms with Gasteiger partial charge in [-0.05, 0) is 97.1 Å². The van der Waals surface area contributed by atoms with E-state index >= 15 is 0 Å². The van der Waals surface area contributed by atoms with Gasteiger partial charge in [0.15, 0.2) is 0 Å². The number of benzene rings is 4. The summed E-state index contributed by atoms with van der Waals surface area (Å²) in [5.74, 6) is 1.08.